The van der Waals surface area contributed by atoms with Crippen molar-refractivity contribution in [3.8, 4) is 0 Å². The number of hydrogen-bond donors (Lipinski definition) is 0. The number of para-hydroxylation sites is 2. The van der Waals surface area contributed by atoms with Gasteiger partial charge in [0.2, 0.25) is 5.91 Å². The van der Waals surface area contributed by atoms with E-state index in [-0.39, 0.29) is 17.7 Å². The van der Waals surface area contributed by atoms with Crippen LogP contribution in [0.2, 0.25) is 0 Å². The van der Waals surface area contributed by atoms with Crippen molar-refractivity contribution in [2.24, 2.45) is 5.92 Å². The number of nitrogens with zero attached hydrogens (tertiary/aromatic N) is 1. The highest BCUT2D eigenvalue weighted by Gasteiger charge is 2.27. The van der Waals surface area contributed by atoms with Gasteiger partial charge < -0.3 is 0 Å². The fourth-order valence-electron chi connectivity index (χ4n) is 4.18. The lowest BCUT2D eigenvalue weighted by Crippen LogP contribution is -2.32. The van der Waals surface area contributed by atoms with Crippen LogP contribution in [0.25, 0.3) is 0 Å². The van der Waals surface area contributed by atoms with Gasteiger partial charge in [-0.1, -0.05) is 103 Å². The summed E-state index contributed by atoms with van der Waals surface area (Å²) in [6.45, 7) is 4.15. The molecule has 4 rings (SSSR count). The highest BCUT2D eigenvalue weighted by atomic mass is 16.2. The number of carbonyl (C=O) groups excluding carboxylic acids is 1. The van der Waals surface area contributed by atoms with Crippen LogP contribution in [-0.4, -0.2) is 5.91 Å². The molecule has 32 heavy (non-hydrogen) atoms. The number of carbonyl (C=O) groups is 1. The van der Waals surface area contributed by atoms with Gasteiger partial charge in [-0.15, -0.1) is 0 Å². The lowest BCUT2D eigenvalue weighted by Gasteiger charge is -2.28. The summed E-state index contributed by atoms with van der Waals surface area (Å²) in [6.07, 6.45) is 0.738. The average Bonchev–Trinajstić information content (AvgIpc) is 2.85. The highest BCUT2D eigenvalue weighted by Crippen LogP contribution is 2.34. The van der Waals surface area contributed by atoms with E-state index in [4.69, 9.17) is 0 Å². The van der Waals surface area contributed by atoms with Gasteiger partial charge in [0.15, 0.2) is 0 Å². The Morgan fingerprint density at radius 2 is 1.09 bits per heavy atom. The Morgan fingerprint density at radius 3 is 1.59 bits per heavy atom. The average molecular weight is 420 g/mol. The van der Waals surface area contributed by atoms with E-state index in [1.807, 2.05) is 78.6 Å². The topological polar surface area (TPSA) is 20.3 Å². The summed E-state index contributed by atoms with van der Waals surface area (Å²) in [4.78, 5) is 15.7. The highest BCUT2D eigenvalue weighted by molar-refractivity contribution is 6.01. The Bertz CT molecular complexity index is 1080. The van der Waals surface area contributed by atoms with E-state index < -0.39 is 0 Å². The Balaban J connectivity index is 1.66. The van der Waals surface area contributed by atoms with E-state index in [1.165, 1.54) is 16.7 Å². The van der Waals surface area contributed by atoms with Crippen molar-refractivity contribution in [1.82, 2.24) is 0 Å². The van der Waals surface area contributed by atoms with Crippen molar-refractivity contribution in [2.75, 3.05) is 4.90 Å². The van der Waals surface area contributed by atoms with Gasteiger partial charge in [-0.2, -0.15) is 0 Å². The lowest BCUT2D eigenvalue weighted by molar-refractivity contribution is -0.121. The minimum absolute atomic E-state index is 0.107. The number of anilines is 2. The summed E-state index contributed by atoms with van der Waals surface area (Å²) >= 11 is 0. The molecule has 0 N–H and O–H groups in total. The van der Waals surface area contributed by atoms with Crippen molar-refractivity contribution in [2.45, 2.75) is 26.2 Å². The maximum Gasteiger partial charge on any atom is 0.234 e. The van der Waals surface area contributed by atoms with Gasteiger partial charge in [-0.05, 0) is 48.7 Å². The number of aryl methyl sites for hydroxylation is 1. The summed E-state index contributed by atoms with van der Waals surface area (Å²) in [7, 11) is 0. The summed E-state index contributed by atoms with van der Waals surface area (Å²) in [6, 6.07) is 39.0. The van der Waals surface area contributed by atoms with E-state index in [1.54, 1.807) is 0 Å². The van der Waals surface area contributed by atoms with Crippen LogP contribution in [0, 0.1) is 12.8 Å². The standard InChI is InChI=1S/C30H29NO/c1-23-18-20-26(21-19-23)29(25-12-6-3-7-13-25)22-24(2)30(32)31(27-14-8-4-9-15-27)28-16-10-5-11-17-28/h3-21,24,29H,22H2,1-2H3. The van der Waals surface area contributed by atoms with Gasteiger partial charge in [0.05, 0.1) is 0 Å². The van der Waals surface area contributed by atoms with Crippen molar-refractivity contribution >= 4 is 17.3 Å². The zero-order chi connectivity index (χ0) is 22.3. The third-order valence-corrected chi connectivity index (χ3v) is 5.94. The van der Waals surface area contributed by atoms with Gasteiger partial charge >= 0.3 is 0 Å². The molecule has 0 fully saturated rings. The predicted molar refractivity (Wildman–Crippen MR) is 133 cm³/mol. The first kappa shape index (κ1) is 21.6. The molecule has 0 aliphatic rings. The summed E-state index contributed by atoms with van der Waals surface area (Å²) in [5.41, 5.74) is 5.50. The molecule has 0 aliphatic carbocycles. The first-order valence-electron chi connectivity index (χ1n) is 11.2. The lowest BCUT2D eigenvalue weighted by atomic mass is 9.83. The van der Waals surface area contributed by atoms with Crippen LogP contribution in [0.4, 0.5) is 11.4 Å². The fourth-order valence-corrected chi connectivity index (χ4v) is 4.18. The van der Waals surface area contributed by atoms with Gasteiger partial charge in [-0.3, -0.25) is 9.69 Å². The van der Waals surface area contributed by atoms with Gasteiger partial charge in [0.1, 0.15) is 0 Å². The molecular weight excluding hydrogens is 390 g/mol. The largest absolute Gasteiger partial charge is 0.281 e. The minimum Gasteiger partial charge on any atom is -0.281 e. The second-order valence-electron chi connectivity index (χ2n) is 8.36. The Hall–Kier alpha value is -3.65. The van der Waals surface area contributed by atoms with Crippen LogP contribution >= 0.6 is 0 Å². The molecular formula is C30H29NO. The zero-order valence-corrected chi connectivity index (χ0v) is 18.7. The van der Waals surface area contributed by atoms with Crippen LogP contribution in [0.1, 0.15) is 36.0 Å². The maximum atomic E-state index is 13.8. The fraction of sp³-hybridized carbons (Fsp3) is 0.167. The summed E-state index contributed by atoms with van der Waals surface area (Å²) in [5, 5.41) is 0. The van der Waals surface area contributed by atoms with E-state index in [0.717, 1.165) is 17.8 Å². The maximum absolute atomic E-state index is 13.8. The van der Waals surface area contributed by atoms with Crippen molar-refractivity contribution in [3.05, 3.63) is 132 Å². The molecule has 0 heterocycles. The van der Waals surface area contributed by atoms with E-state index in [9.17, 15) is 4.79 Å². The molecule has 4 aromatic carbocycles. The molecule has 160 valence electrons. The van der Waals surface area contributed by atoms with E-state index >= 15 is 0 Å². The second-order valence-corrected chi connectivity index (χ2v) is 8.36. The Labute approximate surface area is 191 Å². The molecule has 2 unspecified atom stereocenters. The molecule has 0 spiro atoms. The third-order valence-electron chi connectivity index (χ3n) is 5.94. The number of rotatable bonds is 7. The molecule has 0 aliphatic heterocycles. The van der Waals surface area contributed by atoms with Crippen LogP contribution in [0.5, 0.6) is 0 Å². The first-order chi connectivity index (χ1) is 15.6. The van der Waals surface area contributed by atoms with Crippen molar-refractivity contribution in [3.63, 3.8) is 0 Å². The van der Waals surface area contributed by atoms with Crippen LogP contribution < -0.4 is 4.90 Å². The molecule has 2 nitrogen and oxygen atoms in total. The molecule has 0 aromatic heterocycles. The SMILES string of the molecule is Cc1ccc(C(CC(C)C(=O)N(c2ccccc2)c2ccccc2)c2ccccc2)cc1. The summed E-state index contributed by atoms with van der Waals surface area (Å²) in [5.74, 6) is 0.0986. The monoisotopic (exact) mass is 419 g/mol. The Morgan fingerprint density at radius 1 is 0.656 bits per heavy atom. The van der Waals surface area contributed by atoms with E-state index in [2.05, 4.69) is 55.5 Å². The molecule has 4 aromatic rings. The number of benzene rings is 4. The molecule has 0 saturated heterocycles. The van der Waals surface area contributed by atoms with Crippen molar-refractivity contribution in [1.29, 1.82) is 0 Å². The second kappa shape index (κ2) is 10.1. The van der Waals surface area contributed by atoms with Crippen LogP contribution in [0.3, 0.4) is 0 Å². The van der Waals surface area contributed by atoms with Gasteiger partial charge in [-0.25, -0.2) is 0 Å². The van der Waals surface area contributed by atoms with Gasteiger partial charge in [0.25, 0.3) is 0 Å². The molecule has 0 saturated carbocycles. The molecule has 2 atom stereocenters. The predicted octanol–water partition coefficient (Wildman–Crippen LogP) is 7.52. The van der Waals surface area contributed by atoms with Crippen molar-refractivity contribution < 1.29 is 4.79 Å². The zero-order valence-electron chi connectivity index (χ0n) is 18.7. The summed E-state index contributed by atoms with van der Waals surface area (Å²) < 4.78 is 0. The smallest absolute Gasteiger partial charge is 0.234 e. The normalized spacial score (nSPS) is 12.7. The minimum atomic E-state index is -0.165. The first-order valence-corrected chi connectivity index (χ1v) is 11.2. The van der Waals surface area contributed by atoms with Crippen LogP contribution in [0.15, 0.2) is 115 Å². The number of amides is 1. The molecule has 2 heteroatoms. The van der Waals surface area contributed by atoms with Gasteiger partial charge in [0, 0.05) is 23.2 Å². The third kappa shape index (κ3) is 4.97. The quantitative estimate of drug-likeness (QED) is 0.303. The molecule has 1 amide bonds. The van der Waals surface area contributed by atoms with Crippen LogP contribution in [-0.2, 0) is 4.79 Å². The number of hydrogen-bond acceptors (Lipinski definition) is 1. The molecule has 0 radical (unpaired) electrons. The molecule has 0 bridgehead atoms. The Kier molecular flexibility index (Phi) is 6.81. The van der Waals surface area contributed by atoms with E-state index in [0.29, 0.717) is 0 Å².